The fourth-order valence-electron chi connectivity index (χ4n) is 5.34. The van der Waals surface area contributed by atoms with Gasteiger partial charge in [0.1, 0.15) is 0 Å². The smallest absolute Gasteiger partial charge is 0.259 e. The molecule has 178 valence electrons. The first kappa shape index (κ1) is 22.9. The Bertz CT molecular complexity index is 1160. The molecule has 1 saturated heterocycles. The van der Waals surface area contributed by atoms with E-state index in [-0.39, 0.29) is 11.8 Å². The highest BCUT2D eigenvalue weighted by molar-refractivity contribution is 7.17. The van der Waals surface area contributed by atoms with E-state index in [4.69, 9.17) is 5.73 Å². The summed E-state index contributed by atoms with van der Waals surface area (Å²) >= 11 is 1.73. The summed E-state index contributed by atoms with van der Waals surface area (Å²) in [4.78, 5) is 22.1. The van der Waals surface area contributed by atoms with Crippen molar-refractivity contribution in [3.05, 3.63) is 71.1 Å². The summed E-state index contributed by atoms with van der Waals surface area (Å²) in [5, 5.41) is 15.1. The molecule has 1 aliphatic heterocycles. The minimum absolute atomic E-state index is 0.0346. The van der Waals surface area contributed by atoms with Crippen molar-refractivity contribution in [2.75, 3.05) is 26.2 Å². The van der Waals surface area contributed by atoms with E-state index in [2.05, 4.69) is 34.6 Å². The van der Waals surface area contributed by atoms with Crippen molar-refractivity contribution in [2.24, 2.45) is 16.6 Å². The first-order valence-electron chi connectivity index (χ1n) is 12.1. The van der Waals surface area contributed by atoms with E-state index in [9.17, 15) is 9.90 Å². The number of fused-ring (bicyclic) bond motifs is 1. The van der Waals surface area contributed by atoms with Crippen LogP contribution < -0.4 is 5.73 Å². The largest absolute Gasteiger partial charge is 0.375 e. The van der Waals surface area contributed by atoms with Crippen LogP contribution in [0.25, 0.3) is 10.1 Å². The number of nitrogens with zero attached hydrogens (tertiary/aromatic N) is 3. The highest BCUT2D eigenvalue weighted by Crippen LogP contribution is 2.42. The summed E-state index contributed by atoms with van der Waals surface area (Å²) in [5.74, 6) is 0.295. The lowest BCUT2D eigenvalue weighted by Gasteiger charge is -2.41. The predicted molar refractivity (Wildman–Crippen MR) is 138 cm³/mol. The average molecular weight is 477 g/mol. The normalized spacial score (nSPS) is 19.5. The maximum atomic E-state index is 13.7. The van der Waals surface area contributed by atoms with Gasteiger partial charge in [0.15, 0.2) is 11.6 Å². The number of piperazine rings is 1. The maximum absolute atomic E-state index is 13.7. The third-order valence-corrected chi connectivity index (χ3v) is 8.22. The molecule has 7 heteroatoms. The number of nitrogens with two attached hydrogens (primary N) is 1. The Morgan fingerprint density at radius 2 is 1.74 bits per heavy atom. The van der Waals surface area contributed by atoms with E-state index < -0.39 is 5.60 Å². The molecule has 6 nitrogen and oxygen atoms in total. The van der Waals surface area contributed by atoms with Crippen LogP contribution in [0, 0.1) is 5.92 Å². The number of amides is 1. The van der Waals surface area contributed by atoms with Crippen molar-refractivity contribution < 1.29 is 9.90 Å². The van der Waals surface area contributed by atoms with E-state index in [1.807, 2.05) is 35.2 Å². The number of benzene rings is 2. The number of carbonyl (C=O) groups excluding carboxylic acids is 1. The van der Waals surface area contributed by atoms with Gasteiger partial charge in [0.05, 0.1) is 6.54 Å². The zero-order valence-electron chi connectivity index (χ0n) is 19.4. The Morgan fingerprint density at radius 1 is 1.03 bits per heavy atom. The molecule has 1 saturated carbocycles. The standard InChI is InChI=1S/C27H32N4O2S/c28-26(29-19-20-10-11-24-21(18-20)12-17-34-24)31-15-13-30(14-16-31)25(32)27(33,23-8-4-5-9-23)22-6-2-1-3-7-22/h1-3,6-7,10-12,17-18,23,33H,4-5,8-9,13-16,19H2,(H2,28,29). The second-order valence-corrected chi connectivity index (χ2v) is 10.3. The van der Waals surface area contributed by atoms with E-state index in [1.165, 1.54) is 10.1 Å². The van der Waals surface area contributed by atoms with Gasteiger partial charge in [0, 0.05) is 36.8 Å². The van der Waals surface area contributed by atoms with Crippen LogP contribution >= 0.6 is 11.3 Å². The number of aliphatic hydroxyl groups is 1. The molecule has 0 radical (unpaired) electrons. The highest BCUT2D eigenvalue weighted by atomic mass is 32.1. The Kier molecular flexibility index (Phi) is 6.57. The van der Waals surface area contributed by atoms with Crippen molar-refractivity contribution in [1.82, 2.24) is 9.80 Å². The third kappa shape index (κ3) is 4.42. The Hall–Kier alpha value is -2.90. The van der Waals surface area contributed by atoms with Crippen LogP contribution in [0.4, 0.5) is 0 Å². The van der Waals surface area contributed by atoms with Crippen LogP contribution in [-0.2, 0) is 16.9 Å². The summed E-state index contributed by atoms with van der Waals surface area (Å²) in [6.45, 7) is 2.81. The van der Waals surface area contributed by atoms with E-state index in [0.717, 1.165) is 31.2 Å². The molecule has 0 bridgehead atoms. The Labute approximate surface area is 204 Å². The molecule has 34 heavy (non-hydrogen) atoms. The lowest BCUT2D eigenvalue weighted by molar-refractivity contribution is -0.160. The SMILES string of the molecule is NC(=NCc1ccc2sccc2c1)N1CCN(C(=O)C(O)(c2ccccc2)C2CCCC2)CC1. The minimum atomic E-state index is -1.46. The van der Waals surface area contributed by atoms with E-state index in [0.29, 0.717) is 44.2 Å². The molecular formula is C27H32N4O2S. The minimum Gasteiger partial charge on any atom is -0.375 e. The molecule has 1 aromatic heterocycles. The van der Waals surface area contributed by atoms with Crippen LogP contribution in [0.3, 0.4) is 0 Å². The summed E-state index contributed by atoms with van der Waals surface area (Å²) in [6.07, 6.45) is 3.89. The molecule has 1 unspecified atom stereocenters. The van der Waals surface area contributed by atoms with Crippen molar-refractivity contribution >= 4 is 33.3 Å². The molecule has 2 aliphatic rings. The number of guanidine groups is 1. The zero-order chi connectivity index (χ0) is 23.5. The van der Waals surface area contributed by atoms with Crippen molar-refractivity contribution in [3.63, 3.8) is 0 Å². The van der Waals surface area contributed by atoms with Crippen LogP contribution in [0.2, 0.25) is 0 Å². The quantitative estimate of drug-likeness (QED) is 0.432. The second kappa shape index (κ2) is 9.76. The number of hydrogen-bond acceptors (Lipinski definition) is 4. The molecule has 1 aliphatic carbocycles. The van der Waals surface area contributed by atoms with Gasteiger partial charge in [0.2, 0.25) is 0 Å². The first-order chi connectivity index (χ1) is 16.6. The van der Waals surface area contributed by atoms with Gasteiger partial charge in [-0.2, -0.15) is 0 Å². The third-order valence-electron chi connectivity index (χ3n) is 7.32. The summed E-state index contributed by atoms with van der Waals surface area (Å²) in [6, 6.07) is 18.0. The topological polar surface area (TPSA) is 82.2 Å². The molecule has 3 aromatic rings. The number of aliphatic imine (C=N–C) groups is 1. The molecule has 5 rings (SSSR count). The molecule has 2 heterocycles. The molecule has 2 fully saturated rings. The number of rotatable bonds is 5. The van der Waals surface area contributed by atoms with Gasteiger partial charge in [-0.25, -0.2) is 4.99 Å². The van der Waals surface area contributed by atoms with Gasteiger partial charge in [0.25, 0.3) is 5.91 Å². The van der Waals surface area contributed by atoms with Gasteiger partial charge >= 0.3 is 0 Å². The van der Waals surface area contributed by atoms with Gasteiger partial charge < -0.3 is 20.6 Å². The second-order valence-electron chi connectivity index (χ2n) is 9.36. The average Bonchev–Trinajstić information content (AvgIpc) is 3.59. The van der Waals surface area contributed by atoms with E-state index >= 15 is 0 Å². The lowest BCUT2D eigenvalue weighted by atomic mass is 9.79. The fraction of sp³-hybridized carbons (Fsp3) is 0.407. The summed E-state index contributed by atoms with van der Waals surface area (Å²) in [5.41, 5.74) is 6.69. The molecule has 1 amide bonds. The van der Waals surface area contributed by atoms with Gasteiger partial charge in [-0.1, -0.05) is 49.2 Å². The zero-order valence-corrected chi connectivity index (χ0v) is 20.2. The number of thiophene rings is 1. The van der Waals surface area contributed by atoms with E-state index in [1.54, 1.807) is 16.2 Å². The monoisotopic (exact) mass is 476 g/mol. The predicted octanol–water partition coefficient (Wildman–Crippen LogP) is 3.94. The molecule has 0 spiro atoms. The molecule has 3 N–H and O–H groups in total. The van der Waals surface area contributed by atoms with Crippen LogP contribution in [-0.4, -0.2) is 53.0 Å². The van der Waals surface area contributed by atoms with Crippen molar-refractivity contribution in [2.45, 2.75) is 37.8 Å². The highest BCUT2D eigenvalue weighted by Gasteiger charge is 2.48. The fourth-order valence-corrected chi connectivity index (χ4v) is 6.11. The number of carbonyl (C=O) groups is 1. The molecule has 2 aromatic carbocycles. The van der Waals surface area contributed by atoms with Crippen LogP contribution in [0.5, 0.6) is 0 Å². The number of hydrogen-bond donors (Lipinski definition) is 2. The lowest BCUT2D eigenvalue weighted by Crippen LogP contribution is -2.58. The van der Waals surface area contributed by atoms with Gasteiger partial charge in [-0.05, 0) is 52.9 Å². The van der Waals surface area contributed by atoms with Crippen LogP contribution in [0.1, 0.15) is 36.8 Å². The first-order valence-corrected chi connectivity index (χ1v) is 13.0. The van der Waals surface area contributed by atoms with Crippen LogP contribution in [0.15, 0.2) is 65.0 Å². The van der Waals surface area contributed by atoms with Crippen molar-refractivity contribution in [3.8, 4) is 0 Å². The summed E-state index contributed by atoms with van der Waals surface area (Å²) in [7, 11) is 0. The summed E-state index contributed by atoms with van der Waals surface area (Å²) < 4.78 is 1.27. The maximum Gasteiger partial charge on any atom is 0.259 e. The van der Waals surface area contributed by atoms with Gasteiger partial charge in [-0.15, -0.1) is 11.3 Å². The Balaban J connectivity index is 1.24. The molecule has 1 atom stereocenters. The van der Waals surface area contributed by atoms with Gasteiger partial charge in [-0.3, -0.25) is 4.79 Å². The molecular weight excluding hydrogens is 444 g/mol. The Morgan fingerprint density at radius 3 is 2.47 bits per heavy atom. The van der Waals surface area contributed by atoms with Crippen molar-refractivity contribution in [1.29, 1.82) is 0 Å².